The SMILES string of the molecule is Cc1ccc(CN(C)CC(=O)Nc2cc(F)ccc2N)o1. The third-order valence-corrected chi connectivity index (χ3v) is 2.92. The zero-order valence-electron chi connectivity index (χ0n) is 12.0. The van der Waals surface area contributed by atoms with Crippen LogP contribution < -0.4 is 11.1 Å². The lowest BCUT2D eigenvalue weighted by Gasteiger charge is -2.15. The number of hydrogen-bond acceptors (Lipinski definition) is 4. The van der Waals surface area contributed by atoms with E-state index in [-0.39, 0.29) is 18.1 Å². The van der Waals surface area contributed by atoms with Crippen molar-refractivity contribution in [2.75, 3.05) is 24.6 Å². The zero-order chi connectivity index (χ0) is 15.4. The summed E-state index contributed by atoms with van der Waals surface area (Å²) in [5.74, 6) is 0.903. The molecular weight excluding hydrogens is 273 g/mol. The molecule has 0 aliphatic heterocycles. The molecule has 0 radical (unpaired) electrons. The monoisotopic (exact) mass is 291 g/mol. The Balaban J connectivity index is 1.90. The van der Waals surface area contributed by atoms with Crippen LogP contribution in [0.3, 0.4) is 0 Å². The maximum Gasteiger partial charge on any atom is 0.238 e. The Morgan fingerprint density at radius 3 is 2.81 bits per heavy atom. The maximum atomic E-state index is 13.1. The predicted octanol–water partition coefficient (Wildman–Crippen LogP) is 2.38. The topological polar surface area (TPSA) is 71.5 Å². The molecule has 0 saturated carbocycles. The van der Waals surface area contributed by atoms with E-state index in [2.05, 4.69) is 5.32 Å². The molecule has 2 rings (SSSR count). The van der Waals surface area contributed by atoms with Crippen LogP contribution in [0.15, 0.2) is 34.7 Å². The molecule has 0 aliphatic carbocycles. The number of carbonyl (C=O) groups is 1. The summed E-state index contributed by atoms with van der Waals surface area (Å²) in [7, 11) is 1.80. The van der Waals surface area contributed by atoms with Gasteiger partial charge in [0.2, 0.25) is 5.91 Å². The third-order valence-electron chi connectivity index (χ3n) is 2.92. The molecule has 1 aromatic carbocycles. The van der Waals surface area contributed by atoms with Crippen molar-refractivity contribution >= 4 is 17.3 Å². The summed E-state index contributed by atoms with van der Waals surface area (Å²) in [6.45, 7) is 2.53. The highest BCUT2D eigenvalue weighted by molar-refractivity contribution is 5.95. The number of amides is 1. The molecule has 2 aromatic rings. The number of carbonyl (C=O) groups excluding carboxylic acids is 1. The highest BCUT2D eigenvalue weighted by atomic mass is 19.1. The first-order valence-electron chi connectivity index (χ1n) is 6.53. The van der Waals surface area contributed by atoms with Crippen molar-refractivity contribution in [3.8, 4) is 0 Å². The number of nitrogens with one attached hydrogen (secondary N) is 1. The highest BCUT2D eigenvalue weighted by Gasteiger charge is 2.11. The first-order chi connectivity index (χ1) is 9.94. The first-order valence-corrected chi connectivity index (χ1v) is 6.53. The quantitative estimate of drug-likeness (QED) is 0.830. The van der Waals surface area contributed by atoms with Gasteiger partial charge in [0, 0.05) is 0 Å². The highest BCUT2D eigenvalue weighted by Crippen LogP contribution is 2.19. The summed E-state index contributed by atoms with van der Waals surface area (Å²) in [6.07, 6.45) is 0. The maximum absolute atomic E-state index is 13.1. The molecule has 0 fully saturated rings. The molecule has 21 heavy (non-hydrogen) atoms. The van der Waals surface area contributed by atoms with Gasteiger partial charge < -0.3 is 15.5 Å². The number of nitrogens with zero attached hydrogens (tertiary/aromatic N) is 1. The van der Waals surface area contributed by atoms with Crippen LogP contribution in [0.2, 0.25) is 0 Å². The van der Waals surface area contributed by atoms with Crippen LogP contribution in [0.5, 0.6) is 0 Å². The van der Waals surface area contributed by atoms with Gasteiger partial charge in [0.25, 0.3) is 0 Å². The molecule has 3 N–H and O–H groups in total. The van der Waals surface area contributed by atoms with Gasteiger partial charge >= 0.3 is 0 Å². The molecule has 1 aromatic heterocycles. The number of anilines is 2. The largest absolute Gasteiger partial charge is 0.465 e. The zero-order valence-corrected chi connectivity index (χ0v) is 12.0. The Morgan fingerprint density at radius 2 is 2.14 bits per heavy atom. The lowest BCUT2D eigenvalue weighted by molar-refractivity contribution is -0.117. The van der Waals surface area contributed by atoms with E-state index in [0.29, 0.717) is 12.2 Å². The van der Waals surface area contributed by atoms with Gasteiger partial charge in [-0.2, -0.15) is 0 Å². The Morgan fingerprint density at radius 1 is 1.38 bits per heavy atom. The fourth-order valence-corrected chi connectivity index (χ4v) is 1.96. The van der Waals surface area contributed by atoms with Gasteiger partial charge in [-0.25, -0.2) is 4.39 Å². The van der Waals surface area contributed by atoms with Gasteiger partial charge in [0.1, 0.15) is 17.3 Å². The van der Waals surface area contributed by atoms with Crippen molar-refractivity contribution in [3.05, 3.63) is 47.7 Å². The fraction of sp³-hybridized carbons (Fsp3) is 0.267. The summed E-state index contributed by atoms with van der Waals surface area (Å²) in [5, 5.41) is 2.60. The number of furan rings is 1. The predicted molar refractivity (Wildman–Crippen MR) is 79.2 cm³/mol. The van der Waals surface area contributed by atoms with Crippen molar-refractivity contribution < 1.29 is 13.6 Å². The molecule has 5 nitrogen and oxygen atoms in total. The Hall–Kier alpha value is -2.34. The van der Waals surface area contributed by atoms with E-state index in [4.69, 9.17) is 10.2 Å². The van der Waals surface area contributed by atoms with E-state index in [1.165, 1.54) is 18.2 Å². The van der Waals surface area contributed by atoms with Crippen LogP contribution in [0.1, 0.15) is 11.5 Å². The van der Waals surface area contributed by atoms with Crippen molar-refractivity contribution in [3.63, 3.8) is 0 Å². The lowest BCUT2D eigenvalue weighted by atomic mass is 10.2. The first kappa shape index (κ1) is 15.1. The van der Waals surface area contributed by atoms with Crippen molar-refractivity contribution in [2.24, 2.45) is 0 Å². The number of likely N-dealkylation sites (N-methyl/N-ethyl adjacent to an activating group) is 1. The Labute approximate surface area is 122 Å². The molecule has 0 unspecified atom stereocenters. The molecule has 0 saturated heterocycles. The normalized spacial score (nSPS) is 10.9. The van der Waals surface area contributed by atoms with Crippen LogP contribution >= 0.6 is 0 Å². The van der Waals surface area contributed by atoms with E-state index in [9.17, 15) is 9.18 Å². The second kappa shape index (κ2) is 6.41. The van der Waals surface area contributed by atoms with E-state index >= 15 is 0 Å². The molecule has 0 spiro atoms. The summed E-state index contributed by atoms with van der Waals surface area (Å²) < 4.78 is 18.6. The fourth-order valence-electron chi connectivity index (χ4n) is 1.96. The Kier molecular flexibility index (Phi) is 4.59. The smallest absolute Gasteiger partial charge is 0.238 e. The summed E-state index contributed by atoms with van der Waals surface area (Å²) >= 11 is 0. The van der Waals surface area contributed by atoms with Crippen LogP contribution in [-0.2, 0) is 11.3 Å². The minimum absolute atomic E-state index is 0.149. The number of halogens is 1. The van der Waals surface area contributed by atoms with Gasteiger partial charge in [-0.15, -0.1) is 0 Å². The number of rotatable bonds is 5. The molecule has 1 heterocycles. The molecule has 0 atom stereocenters. The number of aryl methyl sites for hydroxylation is 1. The van der Waals surface area contributed by atoms with Crippen molar-refractivity contribution in [1.29, 1.82) is 0 Å². The summed E-state index contributed by atoms with van der Waals surface area (Å²) in [5.41, 5.74) is 6.29. The van der Waals surface area contributed by atoms with Crippen LogP contribution in [0.25, 0.3) is 0 Å². The minimum atomic E-state index is -0.445. The second-order valence-electron chi connectivity index (χ2n) is 4.96. The molecule has 112 valence electrons. The van der Waals surface area contributed by atoms with E-state index in [1.807, 2.05) is 19.1 Å². The molecule has 6 heteroatoms. The van der Waals surface area contributed by atoms with Crippen LogP contribution in [0.4, 0.5) is 15.8 Å². The number of benzene rings is 1. The average molecular weight is 291 g/mol. The number of nitrogen functional groups attached to an aromatic ring is 1. The van der Waals surface area contributed by atoms with Gasteiger partial charge in [0.15, 0.2) is 0 Å². The second-order valence-corrected chi connectivity index (χ2v) is 4.96. The summed E-state index contributed by atoms with van der Waals surface area (Å²) in [4.78, 5) is 13.7. The van der Waals surface area contributed by atoms with Crippen LogP contribution in [0, 0.1) is 12.7 Å². The summed E-state index contributed by atoms with van der Waals surface area (Å²) in [6, 6.07) is 7.60. The average Bonchev–Trinajstić information content (AvgIpc) is 2.79. The standard InChI is InChI=1S/C15H18FN3O2/c1-10-3-5-12(21-10)8-19(2)9-15(20)18-14-7-11(16)4-6-13(14)17/h3-7H,8-9,17H2,1-2H3,(H,18,20). The van der Waals surface area contributed by atoms with Gasteiger partial charge in [-0.3, -0.25) is 9.69 Å². The van der Waals surface area contributed by atoms with Gasteiger partial charge in [0.05, 0.1) is 24.5 Å². The molecule has 0 bridgehead atoms. The Bertz CT molecular complexity index is 640. The van der Waals surface area contributed by atoms with Gasteiger partial charge in [-0.1, -0.05) is 0 Å². The van der Waals surface area contributed by atoms with Crippen LogP contribution in [-0.4, -0.2) is 24.4 Å². The van der Waals surface area contributed by atoms with Gasteiger partial charge in [-0.05, 0) is 44.3 Å². The third kappa shape index (κ3) is 4.32. The lowest BCUT2D eigenvalue weighted by Crippen LogP contribution is -2.30. The molecule has 0 aliphatic rings. The molecule has 1 amide bonds. The van der Waals surface area contributed by atoms with Crippen molar-refractivity contribution in [2.45, 2.75) is 13.5 Å². The van der Waals surface area contributed by atoms with E-state index in [0.717, 1.165) is 11.5 Å². The minimum Gasteiger partial charge on any atom is -0.465 e. The van der Waals surface area contributed by atoms with E-state index in [1.54, 1.807) is 11.9 Å². The van der Waals surface area contributed by atoms with Crippen molar-refractivity contribution in [1.82, 2.24) is 4.90 Å². The molecular formula is C15H18FN3O2. The number of nitrogens with two attached hydrogens (primary N) is 1. The van der Waals surface area contributed by atoms with E-state index < -0.39 is 5.82 Å². The number of hydrogen-bond donors (Lipinski definition) is 2.